The lowest BCUT2D eigenvalue weighted by Crippen LogP contribution is -2.36. The molecule has 0 spiro atoms. The summed E-state index contributed by atoms with van der Waals surface area (Å²) in [7, 11) is 0. The second-order valence-corrected chi connectivity index (χ2v) is 9.07. The van der Waals surface area contributed by atoms with Crippen molar-refractivity contribution in [1.82, 2.24) is 9.97 Å². The van der Waals surface area contributed by atoms with Gasteiger partial charge in [-0.05, 0) is 64.0 Å². The molecule has 4 rings (SSSR count). The summed E-state index contributed by atoms with van der Waals surface area (Å²) in [6, 6.07) is 14.6. The summed E-state index contributed by atoms with van der Waals surface area (Å²) in [5, 5.41) is 13.1. The summed E-state index contributed by atoms with van der Waals surface area (Å²) >= 11 is 0. The van der Waals surface area contributed by atoms with Gasteiger partial charge in [-0.25, -0.2) is 4.98 Å². The van der Waals surface area contributed by atoms with Crippen LogP contribution in [-0.4, -0.2) is 27.2 Å². The van der Waals surface area contributed by atoms with Crippen LogP contribution in [0, 0.1) is 20.8 Å². The van der Waals surface area contributed by atoms with E-state index < -0.39 is 5.54 Å². The van der Waals surface area contributed by atoms with E-state index >= 15 is 0 Å². The highest BCUT2D eigenvalue weighted by Crippen LogP contribution is 2.41. The predicted molar refractivity (Wildman–Crippen MR) is 133 cm³/mol. The molecule has 32 heavy (non-hydrogen) atoms. The molecule has 0 fully saturated rings. The number of aryl methyl sites for hydroxylation is 3. The third-order valence-electron chi connectivity index (χ3n) is 5.71. The van der Waals surface area contributed by atoms with Crippen molar-refractivity contribution in [3.05, 3.63) is 83.1 Å². The minimum atomic E-state index is -0.567. The minimum absolute atomic E-state index is 0.0412. The summed E-state index contributed by atoms with van der Waals surface area (Å²) < 4.78 is 0. The summed E-state index contributed by atoms with van der Waals surface area (Å²) in [5.41, 5.74) is 7.64. The van der Waals surface area contributed by atoms with Crippen LogP contribution in [0.25, 0.3) is 17.3 Å². The molecule has 1 aliphatic heterocycles. The molecule has 0 saturated carbocycles. The molecular formula is C27H30N4O. The molecule has 2 aromatic carbocycles. The molecule has 0 saturated heterocycles. The number of nitrogens with zero attached hydrogens (tertiary/aromatic N) is 3. The zero-order valence-corrected chi connectivity index (χ0v) is 19.4. The van der Waals surface area contributed by atoms with E-state index in [0.29, 0.717) is 5.95 Å². The molecule has 2 heterocycles. The smallest absolute Gasteiger partial charge is 0.225 e. The van der Waals surface area contributed by atoms with Crippen LogP contribution in [0.4, 0.5) is 17.5 Å². The number of aliphatic hydroxyl groups excluding tert-OH is 1. The van der Waals surface area contributed by atoms with Gasteiger partial charge >= 0.3 is 0 Å². The van der Waals surface area contributed by atoms with Gasteiger partial charge in [-0.3, -0.25) is 4.90 Å². The molecule has 164 valence electrons. The number of aliphatic hydroxyl groups is 1. The number of aromatic nitrogens is 2. The van der Waals surface area contributed by atoms with Gasteiger partial charge in [0.05, 0.1) is 23.5 Å². The van der Waals surface area contributed by atoms with Crippen molar-refractivity contribution < 1.29 is 5.11 Å². The largest absolute Gasteiger partial charge is 0.394 e. The zero-order valence-electron chi connectivity index (χ0n) is 19.4. The fourth-order valence-corrected chi connectivity index (χ4v) is 3.94. The van der Waals surface area contributed by atoms with E-state index in [4.69, 9.17) is 9.97 Å². The lowest BCUT2D eigenvalue weighted by atomic mass is 9.97. The second kappa shape index (κ2) is 8.24. The number of nitrogens with one attached hydrogen (secondary N) is 1. The zero-order chi connectivity index (χ0) is 23.0. The molecule has 5 heteroatoms. The molecule has 3 aromatic rings. The number of rotatable bonds is 5. The van der Waals surface area contributed by atoms with Gasteiger partial charge in [-0.15, -0.1) is 0 Å². The fraction of sp³-hybridized carbons (Fsp3) is 0.259. The molecule has 0 amide bonds. The Kier molecular flexibility index (Phi) is 5.61. The van der Waals surface area contributed by atoms with Gasteiger partial charge in [0.1, 0.15) is 0 Å². The van der Waals surface area contributed by atoms with Gasteiger partial charge in [0.15, 0.2) is 5.82 Å². The quantitative estimate of drug-likeness (QED) is 0.529. The summed E-state index contributed by atoms with van der Waals surface area (Å²) in [6.07, 6.45) is 4.05. The standard InChI is InChI=1S/C27H30N4O/c1-17-11-13-21(19(3)15-17)24-22-14-12-20(4)31(23-10-8-7-9-18(23)2)25(22)29-26(28-24)30-27(5,6)16-32/h7-15,32H,4,16H2,1-3,5-6H3,(H,28,29,30). The van der Waals surface area contributed by atoms with Crippen molar-refractivity contribution in [2.75, 3.05) is 16.8 Å². The van der Waals surface area contributed by atoms with Crippen molar-refractivity contribution in [3.8, 4) is 11.3 Å². The van der Waals surface area contributed by atoms with Gasteiger partial charge in [0.25, 0.3) is 0 Å². The lowest BCUT2D eigenvalue weighted by molar-refractivity contribution is 0.233. The Bertz CT molecular complexity index is 1230. The van der Waals surface area contributed by atoms with Crippen LogP contribution >= 0.6 is 0 Å². The van der Waals surface area contributed by atoms with E-state index in [1.54, 1.807) is 0 Å². The third-order valence-corrected chi connectivity index (χ3v) is 5.71. The topological polar surface area (TPSA) is 61.3 Å². The van der Waals surface area contributed by atoms with Gasteiger partial charge < -0.3 is 10.4 Å². The van der Waals surface area contributed by atoms with Crippen molar-refractivity contribution in [1.29, 1.82) is 0 Å². The molecule has 2 N–H and O–H groups in total. The summed E-state index contributed by atoms with van der Waals surface area (Å²) in [4.78, 5) is 11.9. The van der Waals surface area contributed by atoms with Crippen LogP contribution in [-0.2, 0) is 0 Å². The van der Waals surface area contributed by atoms with Crippen LogP contribution in [0.3, 0.4) is 0 Å². The van der Waals surface area contributed by atoms with Gasteiger partial charge in [-0.1, -0.05) is 48.5 Å². The van der Waals surface area contributed by atoms with E-state index in [-0.39, 0.29) is 6.61 Å². The lowest BCUT2D eigenvalue weighted by Gasteiger charge is -2.32. The normalized spacial score (nSPS) is 13.3. The molecular weight excluding hydrogens is 396 g/mol. The third kappa shape index (κ3) is 4.04. The highest BCUT2D eigenvalue weighted by atomic mass is 16.3. The summed E-state index contributed by atoms with van der Waals surface area (Å²) in [5.74, 6) is 1.24. The maximum Gasteiger partial charge on any atom is 0.225 e. The number of para-hydroxylation sites is 1. The van der Waals surface area contributed by atoms with Crippen LogP contribution in [0.15, 0.2) is 60.8 Å². The number of anilines is 3. The monoisotopic (exact) mass is 426 g/mol. The first-order valence-electron chi connectivity index (χ1n) is 10.8. The maximum absolute atomic E-state index is 9.81. The number of allylic oxidation sites excluding steroid dienone is 1. The minimum Gasteiger partial charge on any atom is -0.394 e. The fourth-order valence-electron chi connectivity index (χ4n) is 3.94. The molecule has 0 aliphatic carbocycles. The molecule has 5 nitrogen and oxygen atoms in total. The van der Waals surface area contributed by atoms with Crippen LogP contribution in [0.5, 0.6) is 0 Å². The average Bonchev–Trinajstić information content (AvgIpc) is 2.74. The Hall–Kier alpha value is -3.44. The van der Waals surface area contributed by atoms with Crippen molar-refractivity contribution in [2.24, 2.45) is 0 Å². The van der Waals surface area contributed by atoms with E-state index in [1.165, 1.54) is 5.56 Å². The molecule has 0 atom stereocenters. The van der Waals surface area contributed by atoms with E-state index in [0.717, 1.165) is 45.2 Å². The number of fused-ring (bicyclic) bond motifs is 1. The van der Waals surface area contributed by atoms with E-state index in [1.807, 2.05) is 38.1 Å². The van der Waals surface area contributed by atoms with Crippen molar-refractivity contribution >= 4 is 23.5 Å². The SMILES string of the molecule is C=C1C=Cc2c(-c3ccc(C)cc3C)nc(NC(C)(C)CO)nc2N1c1ccccc1C. The average molecular weight is 427 g/mol. The molecule has 0 radical (unpaired) electrons. The van der Waals surface area contributed by atoms with Gasteiger partial charge in [0.2, 0.25) is 5.95 Å². The first kappa shape index (κ1) is 21.8. The van der Waals surface area contributed by atoms with Crippen LogP contribution < -0.4 is 10.2 Å². The van der Waals surface area contributed by atoms with Crippen LogP contribution in [0.1, 0.15) is 36.1 Å². The number of hydrogen-bond donors (Lipinski definition) is 2. The first-order valence-corrected chi connectivity index (χ1v) is 10.8. The number of benzene rings is 2. The molecule has 1 aromatic heterocycles. The Morgan fingerprint density at radius 1 is 1.00 bits per heavy atom. The second-order valence-electron chi connectivity index (χ2n) is 9.07. The molecule has 0 bridgehead atoms. The first-order chi connectivity index (χ1) is 15.2. The predicted octanol–water partition coefficient (Wildman–Crippen LogP) is 5.93. The Labute approximate surface area is 190 Å². The van der Waals surface area contributed by atoms with E-state index in [2.05, 4.69) is 67.9 Å². The van der Waals surface area contributed by atoms with Crippen molar-refractivity contribution in [2.45, 2.75) is 40.2 Å². The highest BCUT2D eigenvalue weighted by Gasteiger charge is 2.27. The Morgan fingerprint density at radius 3 is 2.44 bits per heavy atom. The van der Waals surface area contributed by atoms with Gasteiger partial charge in [0, 0.05) is 16.8 Å². The van der Waals surface area contributed by atoms with Gasteiger partial charge in [-0.2, -0.15) is 4.98 Å². The maximum atomic E-state index is 9.81. The number of hydrogen-bond acceptors (Lipinski definition) is 5. The molecule has 0 unspecified atom stereocenters. The van der Waals surface area contributed by atoms with Crippen molar-refractivity contribution in [3.63, 3.8) is 0 Å². The Morgan fingerprint density at radius 2 is 1.75 bits per heavy atom. The van der Waals surface area contributed by atoms with Crippen LogP contribution in [0.2, 0.25) is 0 Å². The molecule has 1 aliphatic rings. The summed E-state index contributed by atoms with van der Waals surface area (Å²) in [6.45, 7) is 14.4. The highest BCUT2D eigenvalue weighted by molar-refractivity contribution is 5.89. The van der Waals surface area contributed by atoms with E-state index in [9.17, 15) is 5.11 Å². The Balaban J connectivity index is 1.99.